The molecule has 30 heavy (non-hydrogen) atoms. The molecule has 0 atom stereocenters. The van der Waals surface area contributed by atoms with Crippen molar-refractivity contribution < 1.29 is 14.6 Å². The predicted molar refractivity (Wildman–Crippen MR) is 121 cm³/mol. The van der Waals surface area contributed by atoms with Crippen molar-refractivity contribution >= 4 is 5.71 Å². The van der Waals surface area contributed by atoms with E-state index in [1.807, 2.05) is 80.6 Å². The summed E-state index contributed by atoms with van der Waals surface area (Å²) >= 11 is 0. The van der Waals surface area contributed by atoms with Crippen molar-refractivity contribution in [2.45, 2.75) is 39.4 Å². The average Bonchev–Trinajstić information content (AvgIpc) is 2.77. The standard InChI is InChI=1S/C26H29NO3/c1-19(27)22-7-11-24(12-8-22)29-16-20-5-4-6-21(15-20)17-30-25-13-9-23(10-14-25)26(2,3)18-28/h4-15,27-28H,16-18H2,1-3H3. The van der Waals surface area contributed by atoms with E-state index in [1.165, 1.54) is 0 Å². The molecular weight excluding hydrogens is 374 g/mol. The smallest absolute Gasteiger partial charge is 0.119 e. The van der Waals surface area contributed by atoms with Crippen LogP contribution in [0, 0.1) is 5.41 Å². The van der Waals surface area contributed by atoms with E-state index in [9.17, 15) is 5.11 Å². The summed E-state index contributed by atoms with van der Waals surface area (Å²) in [7, 11) is 0. The van der Waals surface area contributed by atoms with Crippen molar-refractivity contribution in [1.82, 2.24) is 0 Å². The fourth-order valence-corrected chi connectivity index (χ4v) is 3.04. The second-order valence-corrected chi connectivity index (χ2v) is 8.11. The lowest BCUT2D eigenvalue weighted by Gasteiger charge is -2.22. The van der Waals surface area contributed by atoms with Crippen LogP contribution in [0.5, 0.6) is 11.5 Å². The molecule has 0 aliphatic rings. The maximum atomic E-state index is 9.50. The fraction of sp³-hybridized carbons (Fsp3) is 0.269. The number of aliphatic hydroxyl groups excluding tert-OH is 1. The summed E-state index contributed by atoms with van der Waals surface area (Å²) in [6.07, 6.45) is 0. The van der Waals surface area contributed by atoms with E-state index in [0.717, 1.165) is 33.8 Å². The van der Waals surface area contributed by atoms with E-state index in [-0.39, 0.29) is 12.0 Å². The lowest BCUT2D eigenvalue weighted by atomic mass is 9.86. The summed E-state index contributed by atoms with van der Waals surface area (Å²) in [4.78, 5) is 0. The Balaban J connectivity index is 1.55. The Bertz CT molecular complexity index is 976. The molecule has 0 aliphatic heterocycles. The molecule has 2 N–H and O–H groups in total. The van der Waals surface area contributed by atoms with Crippen LogP contribution in [-0.4, -0.2) is 17.4 Å². The molecule has 0 radical (unpaired) electrons. The zero-order valence-electron chi connectivity index (χ0n) is 17.8. The van der Waals surface area contributed by atoms with Crippen LogP contribution in [0.25, 0.3) is 0 Å². The van der Waals surface area contributed by atoms with Gasteiger partial charge in [0.2, 0.25) is 0 Å². The summed E-state index contributed by atoms with van der Waals surface area (Å²) in [6.45, 7) is 6.85. The van der Waals surface area contributed by atoms with Gasteiger partial charge in [0.25, 0.3) is 0 Å². The molecule has 0 aliphatic carbocycles. The Morgan fingerprint density at radius 2 is 1.33 bits per heavy atom. The molecule has 0 fully saturated rings. The number of ether oxygens (including phenoxy) is 2. The molecule has 4 nitrogen and oxygen atoms in total. The number of rotatable bonds is 9. The summed E-state index contributed by atoms with van der Waals surface area (Å²) in [5, 5.41) is 17.1. The van der Waals surface area contributed by atoms with Crippen molar-refractivity contribution in [3.8, 4) is 11.5 Å². The molecule has 3 aromatic rings. The molecule has 0 amide bonds. The number of nitrogens with one attached hydrogen (secondary N) is 1. The molecular formula is C26H29NO3. The van der Waals surface area contributed by atoms with Crippen molar-refractivity contribution in [2.75, 3.05) is 6.61 Å². The van der Waals surface area contributed by atoms with Gasteiger partial charge in [-0.1, -0.05) is 44.2 Å². The Morgan fingerprint density at radius 3 is 1.80 bits per heavy atom. The minimum absolute atomic E-state index is 0.106. The van der Waals surface area contributed by atoms with Crippen molar-refractivity contribution in [2.24, 2.45) is 0 Å². The second kappa shape index (κ2) is 9.59. The van der Waals surface area contributed by atoms with Gasteiger partial charge in [-0.25, -0.2) is 0 Å². The lowest BCUT2D eigenvalue weighted by molar-refractivity contribution is 0.218. The van der Waals surface area contributed by atoms with Gasteiger partial charge in [-0.15, -0.1) is 0 Å². The van der Waals surface area contributed by atoms with Gasteiger partial charge in [0, 0.05) is 11.1 Å². The highest BCUT2D eigenvalue weighted by Gasteiger charge is 2.18. The first-order valence-corrected chi connectivity index (χ1v) is 10.1. The quantitative estimate of drug-likeness (QED) is 0.464. The lowest BCUT2D eigenvalue weighted by Crippen LogP contribution is -2.21. The Hall–Kier alpha value is -3.11. The molecule has 0 saturated carbocycles. The van der Waals surface area contributed by atoms with Gasteiger partial charge in [-0.3, -0.25) is 0 Å². The first kappa shape index (κ1) is 21.6. The molecule has 0 bridgehead atoms. The van der Waals surface area contributed by atoms with Crippen molar-refractivity contribution in [1.29, 1.82) is 5.41 Å². The first-order chi connectivity index (χ1) is 14.4. The number of hydrogen-bond acceptors (Lipinski definition) is 4. The topological polar surface area (TPSA) is 62.5 Å². The van der Waals surface area contributed by atoms with Crippen LogP contribution in [0.15, 0.2) is 72.8 Å². The highest BCUT2D eigenvalue weighted by molar-refractivity contribution is 5.96. The van der Waals surface area contributed by atoms with Gasteiger partial charge in [0.1, 0.15) is 24.7 Å². The molecule has 156 valence electrons. The van der Waals surface area contributed by atoms with E-state index >= 15 is 0 Å². The number of hydrogen-bond donors (Lipinski definition) is 2. The van der Waals surface area contributed by atoms with E-state index in [4.69, 9.17) is 14.9 Å². The van der Waals surface area contributed by atoms with Crippen LogP contribution in [0.3, 0.4) is 0 Å². The average molecular weight is 404 g/mol. The molecule has 0 unspecified atom stereocenters. The molecule has 0 aromatic heterocycles. The minimum Gasteiger partial charge on any atom is -0.489 e. The van der Waals surface area contributed by atoms with Gasteiger partial charge in [0.15, 0.2) is 0 Å². The van der Waals surface area contributed by atoms with E-state index < -0.39 is 0 Å². The maximum Gasteiger partial charge on any atom is 0.119 e. The summed E-state index contributed by atoms with van der Waals surface area (Å²) in [5.41, 5.74) is 4.41. The second-order valence-electron chi connectivity index (χ2n) is 8.11. The third-order valence-corrected chi connectivity index (χ3v) is 5.12. The van der Waals surface area contributed by atoms with Crippen molar-refractivity contribution in [3.05, 3.63) is 95.1 Å². The van der Waals surface area contributed by atoms with E-state index in [0.29, 0.717) is 18.9 Å². The van der Waals surface area contributed by atoms with Crippen LogP contribution in [0.1, 0.15) is 43.0 Å². The molecule has 0 saturated heterocycles. The number of benzene rings is 3. The van der Waals surface area contributed by atoms with E-state index in [2.05, 4.69) is 6.07 Å². The molecule has 3 rings (SSSR count). The van der Waals surface area contributed by atoms with E-state index in [1.54, 1.807) is 6.92 Å². The largest absolute Gasteiger partial charge is 0.489 e. The third kappa shape index (κ3) is 5.71. The molecule has 4 heteroatoms. The van der Waals surface area contributed by atoms with Crippen LogP contribution >= 0.6 is 0 Å². The van der Waals surface area contributed by atoms with Gasteiger partial charge >= 0.3 is 0 Å². The zero-order chi connectivity index (χ0) is 21.6. The predicted octanol–water partition coefficient (Wildman–Crippen LogP) is 5.50. The van der Waals surface area contributed by atoms with Gasteiger partial charge in [0.05, 0.1) is 6.61 Å². The Morgan fingerprint density at radius 1 is 0.833 bits per heavy atom. The van der Waals surface area contributed by atoms with Gasteiger partial charge < -0.3 is 20.0 Å². The van der Waals surface area contributed by atoms with Crippen LogP contribution in [0.2, 0.25) is 0 Å². The summed E-state index contributed by atoms with van der Waals surface area (Å²) in [6, 6.07) is 23.6. The Labute approximate surface area is 178 Å². The first-order valence-electron chi connectivity index (χ1n) is 10.1. The monoisotopic (exact) mass is 403 g/mol. The van der Waals surface area contributed by atoms with Gasteiger partial charge in [-0.05, 0) is 71.6 Å². The molecule has 0 heterocycles. The normalized spacial score (nSPS) is 11.2. The number of aliphatic hydroxyl groups is 1. The minimum atomic E-state index is -0.258. The SMILES string of the molecule is CC(=N)c1ccc(OCc2cccc(COc3ccc(C(C)(C)CO)cc3)c2)cc1. The molecule has 3 aromatic carbocycles. The fourth-order valence-electron chi connectivity index (χ4n) is 3.04. The molecule has 0 spiro atoms. The van der Waals surface area contributed by atoms with Gasteiger partial charge in [-0.2, -0.15) is 0 Å². The summed E-state index contributed by atoms with van der Waals surface area (Å²) < 4.78 is 11.8. The summed E-state index contributed by atoms with van der Waals surface area (Å²) in [5.74, 6) is 1.59. The maximum absolute atomic E-state index is 9.50. The Kier molecular flexibility index (Phi) is 6.91. The van der Waals surface area contributed by atoms with Crippen LogP contribution < -0.4 is 9.47 Å². The highest BCUT2D eigenvalue weighted by Crippen LogP contribution is 2.25. The van der Waals surface area contributed by atoms with Crippen LogP contribution in [0.4, 0.5) is 0 Å². The van der Waals surface area contributed by atoms with Crippen molar-refractivity contribution in [3.63, 3.8) is 0 Å². The van der Waals surface area contributed by atoms with Crippen LogP contribution in [-0.2, 0) is 18.6 Å². The highest BCUT2D eigenvalue weighted by atomic mass is 16.5. The zero-order valence-corrected chi connectivity index (χ0v) is 17.8. The third-order valence-electron chi connectivity index (χ3n) is 5.12.